The van der Waals surface area contributed by atoms with E-state index in [9.17, 15) is 13.2 Å². The van der Waals surface area contributed by atoms with Gasteiger partial charge in [0.15, 0.2) is 0 Å². The molecule has 0 aliphatic carbocycles. The molecule has 3 rings (SSSR count). The van der Waals surface area contributed by atoms with Gasteiger partial charge in [0.1, 0.15) is 6.04 Å². The van der Waals surface area contributed by atoms with Crippen LogP contribution < -0.4 is 9.62 Å². The van der Waals surface area contributed by atoms with Crippen molar-refractivity contribution in [2.45, 2.75) is 45.3 Å². The standard InChI is InChI=1S/C23H29Cl2N3O3S/c1-3-21(28(32(2,30)31)22-14-19(24)10-11-20(22)25)23(29)26-15-17-8-4-5-9-18(17)16-27-12-6-7-13-27/h4-5,8-11,14,21H,3,6-7,12-13,15-16H2,1-2H3,(H,26,29). The summed E-state index contributed by atoms with van der Waals surface area (Å²) >= 11 is 12.4. The molecular formula is C23H29Cl2N3O3S. The number of hydrogen-bond acceptors (Lipinski definition) is 4. The summed E-state index contributed by atoms with van der Waals surface area (Å²) in [6, 6.07) is 11.6. The Morgan fingerprint density at radius 3 is 2.41 bits per heavy atom. The quantitative estimate of drug-likeness (QED) is 0.555. The van der Waals surface area contributed by atoms with Crippen molar-refractivity contribution in [3.05, 3.63) is 63.6 Å². The Kier molecular flexibility index (Phi) is 8.44. The number of anilines is 1. The number of hydrogen-bond donors (Lipinski definition) is 1. The number of sulfonamides is 1. The van der Waals surface area contributed by atoms with Gasteiger partial charge in [0.25, 0.3) is 0 Å². The van der Waals surface area contributed by atoms with Crippen molar-refractivity contribution in [3.63, 3.8) is 0 Å². The zero-order valence-corrected chi connectivity index (χ0v) is 20.7. The van der Waals surface area contributed by atoms with Gasteiger partial charge < -0.3 is 5.32 Å². The van der Waals surface area contributed by atoms with E-state index in [-0.39, 0.29) is 23.0 Å². The molecule has 2 aromatic carbocycles. The minimum absolute atomic E-state index is 0.193. The van der Waals surface area contributed by atoms with Gasteiger partial charge in [0.2, 0.25) is 15.9 Å². The molecule has 0 aromatic heterocycles. The third-order valence-corrected chi connectivity index (χ3v) is 7.36. The van der Waals surface area contributed by atoms with Gasteiger partial charge >= 0.3 is 0 Å². The van der Waals surface area contributed by atoms with Crippen LogP contribution in [0.3, 0.4) is 0 Å². The number of benzene rings is 2. The smallest absolute Gasteiger partial charge is 0.244 e. The SMILES string of the molecule is CCC(C(=O)NCc1ccccc1CN1CCCC1)N(c1cc(Cl)ccc1Cl)S(C)(=O)=O. The largest absolute Gasteiger partial charge is 0.350 e. The van der Waals surface area contributed by atoms with Crippen molar-refractivity contribution in [2.75, 3.05) is 23.7 Å². The maximum atomic E-state index is 13.2. The fourth-order valence-corrected chi connectivity index (χ4v) is 5.70. The van der Waals surface area contributed by atoms with Crippen LogP contribution in [0.5, 0.6) is 0 Å². The van der Waals surface area contributed by atoms with E-state index in [1.807, 2.05) is 18.2 Å². The maximum Gasteiger partial charge on any atom is 0.244 e. The fourth-order valence-electron chi connectivity index (χ4n) is 4.06. The van der Waals surface area contributed by atoms with Gasteiger partial charge in [-0.1, -0.05) is 54.4 Å². The van der Waals surface area contributed by atoms with Gasteiger partial charge in [-0.3, -0.25) is 14.0 Å². The minimum Gasteiger partial charge on any atom is -0.350 e. The van der Waals surface area contributed by atoms with Crippen LogP contribution in [-0.2, 0) is 27.9 Å². The van der Waals surface area contributed by atoms with Crippen molar-refractivity contribution in [1.82, 2.24) is 10.2 Å². The van der Waals surface area contributed by atoms with Gasteiger partial charge in [-0.15, -0.1) is 0 Å². The lowest BCUT2D eigenvalue weighted by molar-refractivity contribution is -0.122. The molecule has 0 bridgehead atoms. The second kappa shape index (κ2) is 10.9. The number of halogens is 2. The number of nitrogens with one attached hydrogen (secondary N) is 1. The lowest BCUT2D eigenvalue weighted by atomic mass is 10.1. The van der Waals surface area contributed by atoms with Crippen LogP contribution in [0.1, 0.15) is 37.3 Å². The van der Waals surface area contributed by atoms with Crippen LogP contribution in [0.2, 0.25) is 10.0 Å². The van der Waals surface area contributed by atoms with Crippen LogP contribution in [0.4, 0.5) is 5.69 Å². The van der Waals surface area contributed by atoms with E-state index >= 15 is 0 Å². The number of carbonyl (C=O) groups is 1. The van der Waals surface area contributed by atoms with Crippen molar-refractivity contribution < 1.29 is 13.2 Å². The minimum atomic E-state index is -3.80. The summed E-state index contributed by atoms with van der Waals surface area (Å²) in [5.41, 5.74) is 2.38. The van der Waals surface area contributed by atoms with E-state index in [2.05, 4.69) is 16.3 Å². The molecule has 1 N–H and O–H groups in total. The molecule has 1 unspecified atom stereocenters. The molecule has 1 heterocycles. The summed E-state index contributed by atoms with van der Waals surface area (Å²) in [5, 5.41) is 3.48. The molecule has 32 heavy (non-hydrogen) atoms. The normalized spacial score (nSPS) is 15.5. The lowest BCUT2D eigenvalue weighted by Crippen LogP contribution is -2.49. The number of carbonyl (C=O) groups excluding carboxylic acids is 1. The molecule has 1 aliphatic heterocycles. The number of rotatable bonds is 9. The van der Waals surface area contributed by atoms with Crippen LogP contribution >= 0.6 is 23.2 Å². The highest BCUT2D eigenvalue weighted by Gasteiger charge is 2.33. The maximum absolute atomic E-state index is 13.2. The zero-order valence-electron chi connectivity index (χ0n) is 18.4. The zero-order chi connectivity index (χ0) is 23.3. The first-order chi connectivity index (χ1) is 15.2. The van der Waals surface area contributed by atoms with Crippen LogP contribution in [0.15, 0.2) is 42.5 Å². The Labute approximate surface area is 200 Å². The van der Waals surface area contributed by atoms with Crippen LogP contribution in [-0.4, -0.2) is 44.6 Å². The summed E-state index contributed by atoms with van der Waals surface area (Å²) in [5.74, 6) is -0.384. The Balaban J connectivity index is 1.80. The molecule has 0 spiro atoms. The first kappa shape index (κ1) is 24.8. The van der Waals surface area contributed by atoms with Gasteiger partial charge in [-0.05, 0) is 61.7 Å². The van der Waals surface area contributed by atoms with Crippen LogP contribution in [0, 0.1) is 0 Å². The fraction of sp³-hybridized carbons (Fsp3) is 0.435. The second-order valence-corrected chi connectivity index (χ2v) is 10.8. The van der Waals surface area contributed by atoms with Crippen molar-refractivity contribution in [1.29, 1.82) is 0 Å². The molecule has 9 heteroatoms. The Morgan fingerprint density at radius 2 is 1.78 bits per heavy atom. The summed E-state index contributed by atoms with van der Waals surface area (Å²) in [6.45, 7) is 5.10. The number of likely N-dealkylation sites (tertiary alicyclic amines) is 1. The van der Waals surface area contributed by atoms with E-state index < -0.39 is 16.1 Å². The highest BCUT2D eigenvalue weighted by atomic mass is 35.5. The molecule has 0 saturated carbocycles. The molecule has 174 valence electrons. The molecule has 1 saturated heterocycles. The molecule has 1 atom stereocenters. The highest BCUT2D eigenvalue weighted by molar-refractivity contribution is 7.92. The molecule has 1 amide bonds. The summed E-state index contributed by atoms with van der Waals surface area (Å²) in [6.07, 6.45) is 3.76. The van der Waals surface area contributed by atoms with E-state index in [1.165, 1.54) is 30.5 Å². The Bertz CT molecular complexity index is 1060. The van der Waals surface area contributed by atoms with E-state index in [1.54, 1.807) is 13.0 Å². The average molecular weight is 498 g/mol. The van der Waals surface area contributed by atoms with Gasteiger partial charge in [-0.25, -0.2) is 8.42 Å². The lowest BCUT2D eigenvalue weighted by Gasteiger charge is -2.31. The molecule has 1 fully saturated rings. The molecule has 6 nitrogen and oxygen atoms in total. The summed E-state index contributed by atoms with van der Waals surface area (Å²) in [4.78, 5) is 15.6. The molecule has 0 radical (unpaired) electrons. The predicted molar refractivity (Wildman–Crippen MR) is 131 cm³/mol. The second-order valence-electron chi connectivity index (χ2n) is 8.05. The van der Waals surface area contributed by atoms with E-state index in [0.29, 0.717) is 11.6 Å². The topological polar surface area (TPSA) is 69.7 Å². The van der Waals surface area contributed by atoms with E-state index in [0.717, 1.165) is 35.8 Å². The Morgan fingerprint density at radius 1 is 1.12 bits per heavy atom. The van der Waals surface area contributed by atoms with Crippen LogP contribution in [0.25, 0.3) is 0 Å². The molecular weight excluding hydrogens is 469 g/mol. The van der Waals surface area contributed by atoms with Crippen molar-refractivity contribution in [3.8, 4) is 0 Å². The summed E-state index contributed by atoms with van der Waals surface area (Å²) in [7, 11) is -3.80. The third-order valence-electron chi connectivity index (χ3n) is 5.64. The molecule has 1 aliphatic rings. The number of nitrogens with zero attached hydrogens (tertiary/aromatic N) is 2. The average Bonchev–Trinajstić information content (AvgIpc) is 3.25. The number of amides is 1. The van der Waals surface area contributed by atoms with E-state index in [4.69, 9.17) is 23.2 Å². The Hall–Kier alpha value is -1.80. The van der Waals surface area contributed by atoms with Crippen molar-refractivity contribution in [2.24, 2.45) is 0 Å². The van der Waals surface area contributed by atoms with Crippen molar-refractivity contribution >= 4 is 44.8 Å². The predicted octanol–water partition coefficient (Wildman–Crippen LogP) is 4.45. The monoisotopic (exact) mass is 497 g/mol. The summed E-state index contributed by atoms with van der Waals surface area (Å²) < 4.78 is 26.4. The highest BCUT2D eigenvalue weighted by Crippen LogP contribution is 2.33. The first-order valence-corrected chi connectivity index (χ1v) is 13.3. The van der Waals surface area contributed by atoms with Gasteiger partial charge in [0, 0.05) is 18.1 Å². The van der Waals surface area contributed by atoms with Gasteiger partial charge in [0.05, 0.1) is 17.0 Å². The molecule has 2 aromatic rings. The first-order valence-electron chi connectivity index (χ1n) is 10.7. The third kappa shape index (κ3) is 6.16. The van der Waals surface area contributed by atoms with Gasteiger partial charge in [-0.2, -0.15) is 0 Å².